The fraction of sp³-hybridized carbons (Fsp3) is 0.364. The number of amides is 4. The van der Waals surface area contributed by atoms with Gasteiger partial charge >= 0.3 is 0 Å². The molecule has 0 spiro atoms. The summed E-state index contributed by atoms with van der Waals surface area (Å²) in [5, 5.41) is 5.69. The van der Waals surface area contributed by atoms with Gasteiger partial charge in [0.05, 0.1) is 18.1 Å². The molecule has 1 aliphatic rings. The van der Waals surface area contributed by atoms with Crippen molar-refractivity contribution < 1.29 is 28.7 Å². The summed E-state index contributed by atoms with van der Waals surface area (Å²) in [6, 6.07) is 6.29. The van der Waals surface area contributed by atoms with E-state index in [-0.39, 0.29) is 65.9 Å². The average molecular weight is 879 g/mol. The number of fused-ring (bicyclic) bond motifs is 2. The lowest BCUT2D eigenvalue weighted by Crippen LogP contribution is -2.39. The fourth-order valence-electron chi connectivity index (χ4n) is 6.95. The lowest BCUT2D eigenvalue weighted by Gasteiger charge is -2.28. The van der Waals surface area contributed by atoms with Gasteiger partial charge in [-0.2, -0.15) is 0 Å². The number of nitrogens with zero attached hydrogens (tertiary/aromatic N) is 7. The molecule has 20 heteroatoms. The first-order valence-corrected chi connectivity index (χ1v) is 20.9. The first-order valence-electron chi connectivity index (χ1n) is 20.9. The summed E-state index contributed by atoms with van der Waals surface area (Å²) in [6.07, 6.45) is 12.3. The molecule has 0 atom stereocenters. The third-order valence-electron chi connectivity index (χ3n) is 9.94. The number of hydrogen-bond acceptors (Lipinski definition) is 14. The van der Waals surface area contributed by atoms with Gasteiger partial charge in [0.15, 0.2) is 0 Å². The highest BCUT2D eigenvalue weighted by Crippen LogP contribution is 2.33. The third-order valence-corrected chi connectivity index (χ3v) is 9.94. The second-order valence-corrected chi connectivity index (χ2v) is 15.0. The van der Waals surface area contributed by atoms with Crippen molar-refractivity contribution >= 4 is 69.0 Å². The number of carbonyl (C=O) groups excluding carboxylic acids is 4. The van der Waals surface area contributed by atoms with Crippen LogP contribution in [0.1, 0.15) is 61.3 Å². The molecule has 5 rings (SSSR count). The normalized spacial score (nSPS) is 14.8. The van der Waals surface area contributed by atoms with Crippen LogP contribution in [0.25, 0.3) is 22.1 Å². The van der Waals surface area contributed by atoms with E-state index in [2.05, 4.69) is 30.5 Å². The molecule has 2 aromatic heterocycles. The molecular weight excluding hydrogens is 821 g/mol. The summed E-state index contributed by atoms with van der Waals surface area (Å²) in [5.41, 5.74) is 32.1. The highest BCUT2D eigenvalue weighted by molar-refractivity contribution is 6.47. The topological polar surface area (TPSA) is 304 Å². The van der Waals surface area contributed by atoms with Crippen molar-refractivity contribution in [3.8, 4) is 11.5 Å². The molecule has 1 fully saturated rings. The number of benzene rings is 2. The Morgan fingerprint density at radius 2 is 1.17 bits per heavy atom. The van der Waals surface area contributed by atoms with Crippen LogP contribution in [0.4, 0.5) is 11.9 Å². The van der Waals surface area contributed by atoms with Crippen molar-refractivity contribution in [1.82, 2.24) is 24.0 Å². The van der Waals surface area contributed by atoms with Gasteiger partial charge in [0.2, 0.25) is 23.7 Å². The minimum Gasteiger partial charge on any atom is -0.494 e. The predicted molar refractivity (Wildman–Crippen MR) is 250 cm³/mol. The zero-order valence-corrected chi connectivity index (χ0v) is 36.9. The molecule has 1 saturated heterocycles. The van der Waals surface area contributed by atoms with Gasteiger partial charge in [-0.15, -0.1) is 0 Å². The van der Waals surface area contributed by atoms with Crippen molar-refractivity contribution in [2.24, 2.45) is 38.7 Å². The second kappa shape index (κ2) is 22.2. The SMILES string of the molecule is CCN=C(/C=C(/C)N)C(=O)Nc1nc2cc(C(N)=O)cc(OC)c2n1C/C=C/Cn1c(NC(=O)C(/C=C(/C)N)=NCC)nc2cc(C(N)=O)cc(OC/C=C\CN3CCC(N)CC3)c21. The van der Waals surface area contributed by atoms with Gasteiger partial charge in [0.25, 0.3) is 11.8 Å². The van der Waals surface area contributed by atoms with Crippen LogP contribution in [0.15, 0.2) is 82.1 Å². The van der Waals surface area contributed by atoms with Crippen molar-refractivity contribution in [2.45, 2.75) is 59.7 Å². The number of primary amides is 2. The number of carbonyl (C=O) groups is 4. The molecule has 340 valence electrons. The highest BCUT2D eigenvalue weighted by Gasteiger charge is 2.23. The van der Waals surface area contributed by atoms with Crippen LogP contribution >= 0.6 is 0 Å². The molecule has 0 radical (unpaired) electrons. The number of rotatable bonds is 20. The Morgan fingerprint density at radius 1 is 0.719 bits per heavy atom. The molecular formula is C44H58N14O6. The summed E-state index contributed by atoms with van der Waals surface area (Å²) >= 11 is 0. The number of nitrogens with one attached hydrogen (secondary N) is 2. The van der Waals surface area contributed by atoms with Crippen molar-refractivity contribution in [3.05, 3.63) is 83.2 Å². The standard InChI is InChI=1S/C44H58N14O6/c1-6-50-33(20-26(3)45)41(61)54-43-52-31-22-28(39(48)59)24-35(63-5)37(31)57(43)15-8-9-16-58-38-32(53-44(58)55-42(62)34(51-7-2)21-27(4)46)23-29(40(49)60)25-36(38)64-19-11-10-14-56-17-12-30(47)13-18-56/h8-11,20-25,30H,6-7,12-19,45-47H2,1-5H3,(H2,48,59)(H2,49,60)(H,52,54,61)(H,53,55,62)/b9-8+,11-10-,26-20-,27-21-,50-33?,51-34?. The first kappa shape index (κ1) is 47.7. The van der Waals surface area contributed by atoms with E-state index < -0.39 is 23.6 Å². The molecule has 0 unspecified atom stereocenters. The summed E-state index contributed by atoms with van der Waals surface area (Å²) in [5.74, 6) is -1.69. The lowest BCUT2D eigenvalue weighted by atomic mass is 10.1. The number of methoxy groups -OCH3 is 1. The van der Waals surface area contributed by atoms with Gasteiger partial charge in [-0.3, -0.25) is 44.7 Å². The maximum Gasteiger partial charge on any atom is 0.276 e. The molecule has 3 heterocycles. The molecule has 4 amide bonds. The Balaban J connectivity index is 1.56. The Bertz CT molecular complexity index is 2560. The van der Waals surface area contributed by atoms with Crippen LogP contribution in [-0.2, 0) is 22.7 Å². The van der Waals surface area contributed by atoms with Gasteiger partial charge in [-0.1, -0.05) is 24.3 Å². The molecule has 20 nitrogen and oxygen atoms in total. The molecule has 2 aromatic carbocycles. The Hall–Kier alpha value is -7.32. The van der Waals surface area contributed by atoms with Crippen molar-refractivity contribution in [1.29, 1.82) is 0 Å². The number of ether oxygens (including phenoxy) is 2. The monoisotopic (exact) mass is 878 g/mol. The van der Waals surface area contributed by atoms with E-state index in [0.717, 1.165) is 32.5 Å². The number of aromatic nitrogens is 4. The summed E-state index contributed by atoms with van der Waals surface area (Å²) in [7, 11) is 1.44. The van der Waals surface area contributed by atoms with Gasteiger partial charge in [-0.25, -0.2) is 9.97 Å². The molecule has 1 aliphatic heterocycles. The summed E-state index contributed by atoms with van der Waals surface area (Å²) in [6.45, 7) is 10.5. The van der Waals surface area contributed by atoms with Gasteiger partial charge in [0, 0.05) is 61.3 Å². The van der Waals surface area contributed by atoms with Crippen LogP contribution in [0.3, 0.4) is 0 Å². The van der Waals surface area contributed by atoms with E-state index in [0.29, 0.717) is 52.3 Å². The molecule has 0 saturated carbocycles. The van der Waals surface area contributed by atoms with Crippen molar-refractivity contribution in [2.75, 3.05) is 57.1 Å². The first-order chi connectivity index (χ1) is 30.6. The van der Waals surface area contributed by atoms with Crippen LogP contribution < -0.4 is 48.8 Å². The third kappa shape index (κ3) is 12.2. The molecule has 0 bridgehead atoms. The summed E-state index contributed by atoms with van der Waals surface area (Å²) < 4.78 is 15.4. The number of anilines is 2. The van der Waals surface area contributed by atoms with E-state index in [1.807, 2.05) is 18.2 Å². The van der Waals surface area contributed by atoms with E-state index in [9.17, 15) is 19.2 Å². The number of likely N-dealkylation sites (tertiary alicyclic amines) is 1. The fourth-order valence-corrected chi connectivity index (χ4v) is 6.95. The van der Waals surface area contributed by atoms with Crippen LogP contribution in [-0.4, -0.2) is 112 Å². The number of aliphatic imine (C=N–C) groups is 2. The molecule has 64 heavy (non-hydrogen) atoms. The van der Waals surface area contributed by atoms with Gasteiger partial charge in [0.1, 0.15) is 40.6 Å². The quantitative estimate of drug-likeness (QED) is 0.0498. The van der Waals surface area contributed by atoms with Gasteiger partial charge in [-0.05, 0) is 90.0 Å². The van der Waals surface area contributed by atoms with E-state index in [1.54, 1.807) is 49.0 Å². The highest BCUT2D eigenvalue weighted by atomic mass is 16.5. The number of imidazole rings is 2. The lowest BCUT2D eigenvalue weighted by molar-refractivity contribution is -0.111. The van der Waals surface area contributed by atoms with E-state index in [1.165, 1.54) is 37.5 Å². The second-order valence-electron chi connectivity index (χ2n) is 15.0. The Morgan fingerprint density at radius 3 is 1.61 bits per heavy atom. The Kier molecular flexibility index (Phi) is 16.5. The van der Waals surface area contributed by atoms with E-state index in [4.69, 9.17) is 43.1 Å². The number of hydrogen-bond donors (Lipinski definition) is 7. The molecule has 4 aromatic rings. The molecule has 0 aliphatic carbocycles. The maximum absolute atomic E-state index is 13.7. The van der Waals surface area contributed by atoms with Crippen LogP contribution in [0.5, 0.6) is 11.5 Å². The number of piperidine rings is 1. The zero-order chi connectivity index (χ0) is 46.5. The summed E-state index contributed by atoms with van der Waals surface area (Å²) in [4.78, 5) is 72.3. The average Bonchev–Trinajstić information content (AvgIpc) is 3.77. The number of allylic oxidation sites excluding steroid dienone is 4. The molecule has 12 N–H and O–H groups in total. The largest absolute Gasteiger partial charge is 0.494 e. The minimum absolute atomic E-state index is 0.0889. The number of nitrogens with two attached hydrogens (primary N) is 5. The van der Waals surface area contributed by atoms with Crippen LogP contribution in [0, 0.1) is 0 Å². The maximum atomic E-state index is 13.7. The predicted octanol–water partition coefficient (Wildman–Crippen LogP) is 2.73. The smallest absolute Gasteiger partial charge is 0.276 e. The Labute approximate surface area is 371 Å². The van der Waals surface area contributed by atoms with Crippen molar-refractivity contribution in [3.63, 3.8) is 0 Å². The van der Waals surface area contributed by atoms with E-state index >= 15 is 0 Å². The van der Waals surface area contributed by atoms with Crippen LogP contribution in [0.2, 0.25) is 0 Å². The zero-order valence-electron chi connectivity index (χ0n) is 36.9. The minimum atomic E-state index is -0.692. The van der Waals surface area contributed by atoms with Gasteiger partial charge < -0.3 is 47.3 Å².